The van der Waals surface area contributed by atoms with Gasteiger partial charge in [0.25, 0.3) is 0 Å². The summed E-state index contributed by atoms with van der Waals surface area (Å²) in [6.07, 6.45) is 1.80. The van der Waals surface area contributed by atoms with Gasteiger partial charge in [-0.15, -0.1) is 0 Å². The molecule has 8 nitrogen and oxygen atoms in total. The zero-order valence-corrected chi connectivity index (χ0v) is 21.8. The number of anilines is 1. The van der Waals surface area contributed by atoms with E-state index in [0.717, 1.165) is 23.2 Å². The van der Waals surface area contributed by atoms with E-state index in [1.54, 1.807) is 18.2 Å². The van der Waals surface area contributed by atoms with Crippen LogP contribution in [0.1, 0.15) is 53.6 Å². The molecule has 0 radical (unpaired) electrons. The van der Waals surface area contributed by atoms with Crippen LogP contribution >= 0.6 is 0 Å². The molecule has 0 unspecified atom stereocenters. The molecule has 3 aromatic carbocycles. The molecule has 6 rings (SSSR count). The number of ketones is 2. The Balaban J connectivity index is 1.32. The zero-order chi connectivity index (χ0) is 27.3. The summed E-state index contributed by atoms with van der Waals surface area (Å²) >= 11 is 0. The van der Waals surface area contributed by atoms with E-state index in [2.05, 4.69) is 5.32 Å². The Hall–Kier alpha value is -4.37. The van der Waals surface area contributed by atoms with E-state index in [0.29, 0.717) is 35.4 Å². The van der Waals surface area contributed by atoms with E-state index in [9.17, 15) is 22.8 Å². The van der Waals surface area contributed by atoms with Gasteiger partial charge in [-0.1, -0.05) is 36.4 Å². The third-order valence-corrected chi connectivity index (χ3v) is 8.54. The molecule has 1 N–H and O–H groups in total. The number of rotatable bonds is 5. The van der Waals surface area contributed by atoms with Crippen molar-refractivity contribution in [1.29, 1.82) is 0 Å². The maximum absolute atomic E-state index is 13.5. The minimum absolute atomic E-state index is 0.00146. The van der Waals surface area contributed by atoms with Crippen LogP contribution in [0.25, 0.3) is 0 Å². The Morgan fingerprint density at radius 1 is 0.897 bits per heavy atom. The van der Waals surface area contributed by atoms with Crippen LogP contribution in [0.2, 0.25) is 0 Å². The van der Waals surface area contributed by atoms with Crippen molar-refractivity contribution in [1.82, 2.24) is 0 Å². The van der Waals surface area contributed by atoms with Gasteiger partial charge < -0.3 is 9.50 Å². The molecular formula is C30H24N2O6S. The van der Waals surface area contributed by atoms with Crippen molar-refractivity contribution in [2.45, 2.75) is 37.0 Å². The van der Waals surface area contributed by atoms with Gasteiger partial charge in [0.2, 0.25) is 5.91 Å². The first-order valence-corrected chi connectivity index (χ1v) is 14.0. The van der Waals surface area contributed by atoms with Crippen LogP contribution in [0.5, 0.6) is 5.75 Å². The first-order valence-electron chi connectivity index (χ1n) is 12.6. The molecule has 0 aromatic heterocycles. The molecule has 1 amide bonds. The first kappa shape index (κ1) is 24.9. The summed E-state index contributed by atoms with van der Waals surface area (Å²) in [7, 11) is -4.13. The lowest BCUT2D eigenvalue weighted by molar-refractivity contribution is -0.116. The quantitative estimate of drug-likeness (QED) is 0.464. The molecule has 0 fully saturated rings. The second-order valence-electron chi connectivity index (χ2n) is 9.81. The van der Waals surface area contributed by atoms with Crippen molar-refractivity contribution in [2.75, 3.05) is 5.32 Å². The molecule has 0 saturated heterocycles. The molecule has 3 aromatic rings. The number of nitrogens with one attached hydrogen (secondary N) is 1. The topological polar surface area (TPSA) is 119 Å². The number of amides is 1. The van der Waals surface area contributed by atoms with Crippen LogP contribution in [0.4, 0.5) is 5.69 Å². The zero-order valence-electron chi connectivity index (χ0n) is 21.0. The number of Topliss-reactive ketones (excluding diaryl/α,β-unsaturated/α-hetero) is 2. The molecular weight excluding hydrogens is 516 g/mol. The summed E-state index contributed by atoms with van der Waals surface area (Å²) in [5.41, 5.74) is 4.61. The molecule has 2 atom stereocenters. The van der Waals surface area contributed by atoms with Crippen molar-refractivity contribution >= 4 is 39.0 Å². The number of allylic oxidation sites excluding steroid dienone is 2. The van der Waals surface area contributed by atoms with Gasteiger partial charge in [-0.05, 0) is 54.8 Å². The molecule has 3 aliphatic rings. The van der Waals surface area contributed by atoms with Gasteiger partial charge in [-0.2, -0.15) is 8.42 Å². The largest absolute Gasteiger partial charge is 0.379 e. The predicted molar refractivity (Wildman–Crippen MR) is 144 cm³/mol. The molecule has 39 heavy (non-hydrogen) atoms. The van der Waals surface area contributed by atoms with Gasteiger partial charge in [0, 0.05) is 47.3 Å². The van der Waals surface area contributed by atoms with Crippen LogP contribution < -0.4 is 9.50 Å². The lowest BCUT2D eigenvalue weighted by Gasteiger charge is -2.33. The smallest absolute Gasteiger partial charge is 0.339 e. The number of nitrogens with zero attached hydrogens (tertiary/aromatic N) is 1. The van der Waals surface area contributed by atoms with Crippen LogP contribution in [0, 0.1) is 5.92 Å². The highest BCUT2D eigenvalue weighted by atomic mass is 32.2. The van der Waals surface area contributed by atoms with Crippen molar-refractivity contribution in [3.63, 3.8) is 0 Å². The van der Waals surface area contributed by atoms with Gasteiger partial charge in [0.1, 0.15) is 10.6 Å². The van der Waals surface area contributed by atoms with E-state index in [1.807, 2.05) is 18.2 Å². The highest BCUT2D eigenvalue weighted by Gasteiger charge is 2.48. The number of hydrogen-bond acceptors (Lipinski definition) is 7. The van der Waals surface area contributed by atoms with Crippen molar-refractivity contribution in [2.24, 2.45) is 10.9 Å². The predicted octanol–water partition coefficient (Wildman–Crippen LogP) is 4.82. The molecule has 1 heterocycles. The Kier molecular flexibility index (Phi) is 6.03. The molecule has 2 aliphatic carbocycles. The van der Waals surface area contributed by atoms with Gasteiger partial charge >= 0.3 is 10.1 Å². The lowest BCUT2D eigenvalue weighted by atomic mass is 9.71. The Morgan fingerprint density at radius 2 is 1.59 bits per heavy atom. The molecule has 0 spiro atoms. The second kappa shape index (κ2) is 9.43. The molecule has 196 valence electrons. The maximum atomic E-state index is 13.5. The van der Waals surface area contributed by atoms with Crippen LogP contribution in [-0.2, 0) is 19.7 Å². The highest BCUT2D eigenvalue weighted by Crippen LogP contribution is 2.48. The average molecular weight is 541 g/mol. The van der Waals surface area contributed by atoms with Gasteiger partial charge in [-0.25, -0.2) is 0 Å². The normalized spacial score (nSPS) is 20.1. The molecule has 0 bridgehead atoms. The number of benzene rings is 3. The SMILES string of the molecule is CC(=O)Nc1ccc(S(=O)(=O)Oc2ccc([C@@H]3C4=C(CCCC4=O)N=C4c5ccccc5C(=O)[C@H]43)cc2)cc1. The highest BCUT2D eigenvalue weighted by molar-refractivity contribution is 7.87. The number of hydrogen-bond donors (Lipinski definition) is 1. The monoisotopic (exact) mass is 540 g/mol. The number of fused-ring (bicyclic) bond motifs is 3. The third kappa shape index (κ3) is 4.38. The molecule has 0 saturated carbocycles. The maximum Gasteiger partial charge on any atom is 0.339 e. The summed E-state index contributed by atoms with van der Waals surface area (Å²) in [6.45, 7) is 1.36. The summed E-state index contributed by atoms with van der Waals surface area (Å²) in [5.74, 6) is -1.35. The minimum Gasteiger partial charge on any atom is -0.379 e. The fourth-order valence-electron chi connectivity index (χ4n) is 5.62. The Labute approximate surface area is 225 Å². The van der Waals surface area contributed by atoms with E-state index in [1.165, 1.54) is 43.3 Å². The van der Waals surface area contributed by atoms with Crippen molar-refractivity contribution in [3.05, 3.63) is 101 Å². The summed E-state index contributed by atoms with van der Waals surface area (Å²) in [4.78, 5) is 42.6. The summed E-state index contributed by atoms with van der Waals surface area (Å²) < 4.78 is 31.1. The fraction of sp³-hybridized carbons (Fsp3) is 0.200. The number of carbonyl (C=O) groups is 3. The second-order valence-corrected chi connectivity index (χ2v) is 11.4. The Morgan fingerprint density at radius 3 is 2.28 bits per heavy atom. The van der Waals surface area contributed by atoms with Gasteiger partial charge in [-0.3, -0.25) is 19.4 Å². The van der Waals surface area contributed by atoms with Crippen LogP contribution in [0.15, 0.2) is 94.0 Å². The van der Waals surface area contributed by atoms with Crippen LogP contribution in [0.3, 0.4) is 0 Å². The molecule has 9 heteroatoms. The summed E-state index contributed by atoms with van der Waals surface area (Å²) in [6, 6.07) is 19.5. The first-order chi connectivity index (χ1) is 18.7. The average Bonchev–Trinajstić information content (AvgIpc) is 3.20. The standard InChI is InChI=1S/C30H24N2O6S/c1-17(33)31-19-11-15-21(16-12-19)39(36,37)38-20-13-9-18(10-14-20)26-27-24(7-4-8-25(27)34)32-29-22-5-2-3-6-23(22)30(35)28(26)29/h2-3,5-6,9-16,26,28H,4,7-8H2,1H3,(H,31,33)/t26-,28+/m1/s1. The van der Waals surface area contributed by atoms with Crippen molar-refractivity contribution in [3.8, 4) is 5.75 Å². The lowest BCUT2D eigenvalue weighted by Crippen LogP contribution is -2.33. The van der Waals surface area contributed by atoms with E-state index >= 15 is 0 Å². The van der Waals surface area contributed by atoms with E-state index in [-0.39, 0.29) is 28.1 Å². The van der Waals surface area contributed by atoms with E-state index in [4.69, 9.17) is 9.18 Å². The Bertz CT molecular complexity index is 1700. The minimum atomic E-state index is -4.13. The fourth-order valence-corrected chi connectivity index (χ4v) is 6.55. The molecule has 1 aliphatic heterocycles. The van der Waals surface area contributed by atoms with Crippen LogP contribution in [-0.4, -0.2) is 31.6 Å². The number of aliphatic imine (C=N–C) groups is 1. The van der Waals surface area contributed by atoms with Crippen molar-refractivity contribution < 1.29 is 27.0 Å². The van der Waals surface area contributed by atoms with Gasteiger partial charge in [0.05, 0.1) is 11.6 Å². The summed E-state index contributed by atoms with van der Waals surface area (Å²) in [5, 5.41) is 2.58. The third-order valence-electron chi connectivity index (χ3n) is 7.28. The van der Waals surface area contributed by atoms with E-state index < -0.39 is 22.0 Å². The number of carbonyl (C=O) groups excluding carboxylic acids is 3. The van der Waals surface area contributed by atoms with Gasteiger partial charge in [0.15, 0.2) is 11.6 Å².